The van der Waals surface area contributed by atoms with E-state index in [1.54, 1.807) is 12.4 Å². The number of imidazole rings is 1. The molecule has 1 aliphatic heterocycles. The van der Waals surface area contributed by atoms with Gasteiger partial charge in [0.05, 0.1) is 13.2 Å². The van der Waals surface area contributed by atoms with Crippen molar-refractivity contribution >= 4 is 5.91 Å². The van der Waals surface area contributed by atoms with E-state index in [1.165, 1.54) is 0 Å². The minimum absolute atomic E-state index is 0.0659. The van der Waals surface area contributed by atoms with E-state index >= 15 is 0 Å². The van der Waals surface area contributed by atoms with Crippen molar-refractivity contribution < 1.29 is 9.53 Å². The summed E-state index contributed by atoms with van der Waals surface area (Å²) in [7, 11) is 0. The molecule has 3 heterocycles. The first-order valence-electron chi connectivity index (χ1n) is 8.49. The van der Waals surface area contributed by atoms with Crippen molar-refractivity contribution in [2.75, 3.05) is 19.7 Å². The van der Waals surface area contributed by atoms with Gasteiger partial charge in [-0.2, -0.15) is 0 Å². The molecule has 1 saturated heterocycles. The third kappa shape index (κ3) is 3.82. The number of pyridine rings is 1. The van der Waals surface area contributed by atoms with E-state index in [4.69, 9.17) is 4.74 Å². The highest BCUT2D eigenvalue weighted by molar-refractivity contribution is 5.76. The highest BCUT2D eigenvalue weighted by Crippen LogP contribution is 2.22. The van der Waals surface area contributed by atoms with Gasteiger partial charge in [0, 0.05) is 50.2 Å². The Labute approximate surface area is 142 Å². The topological polar surface area (TPSA) is 60.2 Å². The molecule has 128 valence electrons. The number of carbonyl (C=O) groups excluding carboxylic acids is 1. The van der Waals surface area contributed by atoms with Crippen LogP contribution in [0.15, 0.2) is 30.7 Å². The molecule has 6 heteroatoms. The average Bonchev–Trinajstić information content (AvgIpc) is 3.07. The first-order valence-corrected chi connectivity index (χ1v) is 8.49. The molecule has 0 aliphatic carbocycles. The lowest BCUT2D eigenvalue weighted by atomic mass is 10.1. The first-order chi connectivity index (χ1) is 11.7. The Kier molecular flexibility index (Phi) is 5.25. The van der Waals surface area contributed by atoms with Gasteiger partial charge in [0.15, 0.2) is 0 Å². The molecule has 0 spiro atoms. The third-order valence-electron chi connectivity index (χ3n) is 4.40. The first kappa shape index (κ1) is 16.6. The van der Waals surface area contributed by atoms with E-state index in [1.807, 2.05) is 30.2 Å². The van der Waals surface area contributed by atoms with Gasteiger partial charge in [-0.3, -0.25) is 9.78 Å². The van der Waals surface area contributed by atoms with Crippen molar-refractivity contribution in [3.8, 4) is 0 Å². The molecule has 3 rings (SSSR count). The Morgan fingerprint density at radius 1 is 1.38 bits per heavy atom. The molecule has 1 atom stereocenters. The normalized spacial score (nSPS) is 17.9. The van der Waals surface area contributed by atoms with E-state index in [9.17, 15) is 4.79 Å². The summed E-state index contributed by atoms with van der Waals surface area (Å²) >= 11 is 0. The lowest BCUT2D eigenvalue weighted by molar-refractivity contribution is -0.139. The summed E-state index contributed by atoms with van der Waals surface area (Å²) < 4.78 is 7.91. The fourth-order valence-electron chi connectivity index (χ4n) is 3.08. The molecule has 2 aromatic rings. The molecule has 1 aliphatic rings. The summed E-state index contributed by atoms with van der Waals surface area (Å²) in [5.74, 6) is 1.19. The number of carbonyl (C=O) groups is 1. The van der Waals surface area contributed by atoms with E-state index in [-0.39, 0.29) is 12.0 Å². The van der Waals surface area contributed by atoms with Crippen LogP contribution in [0.25, 0.3) is 0 Å². The molecular formula is C18H24N4O2. The second kappa shape index (κ2) is 7.57. The highest BCUT2D eigenvalue weighted by atomic mass is 16.5. The predicted octanol–water partition coefficient (Wildman–Crippen LogP) is 2.14. The van der Waals surface area contributed by atoms with Crippen LogP contribution in [0.4, 0.5) is 0 Å². The molecule has 1 fully saturated rings. The van der Waals surface area contributed by atoms with Crippen LogP contribution >= 0.6 is 0 Å². The van der Waals surface area contributed by atoms with Crippen molar-refractivity contribution in [1.82, 2.24) is 19.4 Å². The van der Waals surface area contributed by atoms with Gasteiger partial charge in [-0.25, -0.2) is 4.98 Å². The molecule has 1 amide bonds. The van der Waals surface area contributed by atoms with E-state index in [0.717, 1.165) is 23.5 Å². The van der Waals surface area contributed by atoms with E-state index in [2.05, 4.69) is 21.5 Å². The summed E-state index contributed by atoms with van der Waals surface area (Å²) in [5, 5.41) is 0. The summed E-state index contributed by atoms with van der Waals surface area (Å²) in [5.41, 5.74) is 2.05. The number of amides is 1. The van der Waals surface area contributed by atoms with Crippen molar-refractivity contribution in [2.24, 2.45) is 0 Å². The molecule has 0 aromatic carbocycles. The molecule has 0 bridgehead atoms. The van der Waals surface area contributed by atoms with Crippen LogP contribution in [0, 0.1) is 6.92 Å². The van der Waals surface area contributed by atoms with Gasteiger partial charge >= 0.3 is 0 Å². The predicted molar refractivity (Wildman–Crippen MR) is 90.5 cm³/mol. The standard InChI is InChI=1S/C18H24N4O2/c1-3-17-20-7-9-21(17)8-5-18(23)22-10-11-24-16(13-22)15-4-6-19-14(2)12-15/h4,6-7,9,12,16H,3,5,8,10-11,13H2,1-2H3. The summed E-state index contributed by atoms with van der Waals surface area (Å²) in [6.45, 7) is 6.55. The zero-order valence-electron chi connectivity index (χ0n) is 14.3. The largest absolute Gasteiger partial charge is 0.370 e. The van der Waals surface area contributed by atoms with Crippen molar-refractivity contribution in [2.45, 2.75) is 39.3 Å². The minimum atomic E-state index is -0.0659. The van der Waals surface area contributed by atoms with Gasteiger partial charge in [0.2, 0.25) is 5.91 Å². The van der Waals surface area contributed by atoms with Crippen LogP contribution < -0.4 is 0 Å². The number of morpholine rings is 1. The zero-order valence-corrected chi connectivity index (χ0v) is 14.3. The molecule has 1 unspecified atom stereocenters. The Morgan fingerprint density at radius 3 is 3.04 bits per heavy atom. The maximum absolute atomic E-state index is 12.6. The maximum Gasteiger partial charge on any atom is 0.224 e. The smallest absolute Gasteiger partial charge is 0.224 e. The second-order valence-electron chi connectivity index (χ2n) is 6.07. The van der Waals surface area contributed by atoms with Crippen molar-refractivity contribution in [1.29, 1.82) is 0 Å². The van der Waals surface area contributed by atoms with Crippen LogP contribution in [0.2, 0.25) is 0 Å². The van der Waals surface area contributed by atoms with E-state index in [0.29, 0.717) is 32.7 Å². The zero-order chi connectivity index (χ0) is 16.9. The Hall–Kier alpha value is -2.21. The lowest BCUT2D eigenvalue weighted by Gasteiger charge is -2.33. The number of rotatable bonds is 5. The molecule has 0 N–H and O–H groups in total. The molecular weight excluding hydrogens is 304 g/mol. The number of ether oxygens (including phenoxy) is 1. The fourth-order valence-corrected chi connectivity index (χ4v) is 3.08. The van der Waals surface area contributed by atoms with Gasteiger partial charge in [-0.05, 0) is 24.6 Å². The third-order valence-corrected chi connectivity index (χ3v) is 4.40. The minimum Gasteiger partial charge on any atom is -0.370 e. The van der Waals surface area contributed by atoms with Crippen LogP contribution in [-0.4, -0.2) is 45.0 Å². The van der Waals surface area contributed by atoms with Crippen LogP contribution in [0.3, 0.4) is 0 Å². The second-order valence-corrected chi connectivity index (χ2v) is 6.07. The van der Waals surface area contributed by atoms with Crippen molar-refractivity contribution in [3.63, 3.8) is 0 Å². The Bertz CT molecular complexity index is 698. The maximum atomic E-state index is 12.6. The van der Waals surface area contributed by atoms with Gasteiger partial charge in [0.25, 0.3) is 0 Å². The number of nitrogens with zero attached hydrogens (tertiary/aromatic N) is 4. The molecule has 0 saturated carbocycles. The van der Waals surface area contributed by atoms with Gasteiger partial charge in [0.1, 0.15) is 11.9 Å². The molecule has 2 aromatic heterocycles. The van der Waals surface area contributed by atoms with Gasteiger partial charge in [-0.15, -0.1) is 0 Å². The van der Waals surface area contributed by atoms with E-state index < -0.39 is 0 Å². The Morgan fingerprint density at radius 2 is 2.25 bits per heavy atom. The number of hydrogen-bond donors (Lipinski definition) is 0. The highest BCUT2D eigenvalue weighted by Gasteiger charge is 2.25. The number of hydrogen-bond acceptors (Lipinski definition) is 4. The number of aromatic nitrogens is 3. The van der Waals surface area contributed by atoms with Crippen LogP contribution in [-0.2, 0) is 22.5 Å². The number of aryl methyl sites for hydroxylation is 3. The monoisotopic (exact) mass is 328 g/mol. The molecule has 0 radical (unpaired) electrons. The van der Waals surface area contributed by atoms with Gasteiger partial charge < -0.3 is 14.2 Å². The van der Waals surface area contributed by atoms with Gasteiger partial charge in [-0.1, -0.05) is 6.92 Å². The van der Waals surface area contributed by atoms with Crippen LogP contribution in [0.5, 0.6) is 0 Å². The fraction of sp³-hybridized carbons (Fsp3) is 0.500. The lowest BCUT2D eigenvalue weighted by Crippen LogP contribution is -2.42. The quantitative estimate of drug-likeness (QED) is 0.844. The summed E-state index contributed by atoms with van der Waals surface area (Å²) in [4.78, 5) is 23.0. The SMILES string of the molecule is CCc1nccn1CCC(=O)N1CCOC(c2ccnc(C)c2)C1. The Balaban J connectivity index is 1.59. The summed E-state index contributed by atoms with van der Waals surface area (Å²) in [6.07, 6.45) is 6.82. The molecule has 6 nitrogen and oxygen atoms in total. The molecule has 24 heavy (non-hydrogen) atoms. The van der Waals surface area contributed by atoms with Crippen molar-refractivity contribution in [3.05, 3.63) is 47.8 Å². The average molecular weight is 328 g/mol. The van der Waals surface area contributed by atoms with Crippen LogP contribution in [0.1, 0.15) is 36.5 Å². The summed E-state index contributed by atoms with van der Waals surface area (Å²) in [6, 6.07) is 3.99.